The van der Waals surface area contributed by atoms with Gasteiger partial charge in [-0.05, 0) is 62.4 Å². The predicted octanol–water partition coefficient (Wildman–Crippen LogP) is 2.24. The molecule has 3 nitrogen and oxygen atoms in total. The highest BCUT2D eigenvalue weighted by molar-refractivity contribution is 5.89. The van der Waals surface area contributed by atoms with Crippen LogP contribution in [0.3, 0.4) is 0 Å². The molecule has 0 saturated carbocycles. The van der Waals surface area contributed by atoms with Crippen LogP contribution in [0, 0.1) is 12.8 Å². The third-order valence-electron chi connectivity index (χ3n) is 3.52. The zero-order chi connectivity index (χ0) is 12.3. The summed E-state index contributed by atoms with van der Waals surface area (Å²) >= 11 is 0. The molecule has 1 saturated heterocycles. The van der Waals surface area contributed by atoms with E-state index in [2.05, 4.69) is 11.4 Å². The van der Waals surface area contributed by atoms with E-state index in [1.165, 1.54) is 12.8 Å². The highest BCUT2D eigenvalue weighted by atomic mass is 16.4. The zero-order valence-corrected chi connectivity index (χ0v) is 10.2. The fraction of sp³-hybridized carbons (Fsp3) is 0.500. The van der Waals surface area contributed by atoms with Crippen molar-refractivity contribution < 1.29 is 9.90 Å². The molecule has 17 heavy (non-hydrogen) atoms. The third-order valence-corrected chi connectivity index (χ3v) is 3.52. The lowest BCUT2D eigenvalue weighted by Gasteiger charge is -2.22. The van der Waals surface area contributed by atoms with E-state index in [4.69, 9.17) is 5.11 Å². The second-order valence-corrected chi connectivity index (χ2v) is 4.85. The van der Waals surface area contributed by atoms with Gasteiger partial charge in [0, 0.05) is 0 Å². The molecule has 0 aromatic heterocycles. The number of benzene rings is 1. The molecule has 0 atom stereocenters. The molecule has 0 amide bonds. The van der Waals surface area contributed by atoms with Gasteiger partial charge in [0.1, 0.15) is 0 Å². The summed E-state index contributed by atoms with van der Waals surface area (Å²) < 4.78 is 0. The number of carboxylic acids is 1. The lowest BCUT2D eigenvalue weighted by molar-refractivity contribution is 0.0696. The summed E-state index contributed by atoms with van der Waals surface area (Å²) in [5, 5.41) is 12.4. The Balaban J connectivity index is 2.10. The molecule has 0 bridgehead atoms. The number of hydrogen-bond acceptors (Lipinski definition) is 2. The monoisotopic (exact) mass is 233 g/mol. The van der Waals surface area contributed by atoms with Gasteiger partial charge in [-0.15, -0.1) is 0 Å². The molecule has 0 radical (unpaired) electrons. The summed E-state index contributed by atoms with van der Waals surface area (Å²) in [6.45, 7) is 4.02. The maximum absolute atomic E-state index is 11.1. The van der Waals surface area contributed by atoms with E-state index in [1.54, 1.807) is 0 Å². The molecule has 3 heteroatoms. The molecule has 0 unspecified atom stereocenters. The highest BCUT2D eigenvalue weighted by Gasteiger charge is 2.15. The Kier molecular flexibility index (Phi) is 3.79. The van der Waals surface area contributed by atoms with Crippen molar-refractivity contribution in [1.82, 2.24) is 5.32 Å². The number of hydrogen-bond donors (Lipinski definition) is 2. The van der Waals surface area contributed by atoms with Crippen molar-refractivity contribution in [3.05, 3.63) is 34.9 Å². The van der Waals surface area contributed by atoms with E-state index in [9.17, 15) is 4.79 Å². The first-order chi connectivity index (χ1) is 8.16. The molecule has 1 heterocycles. The van der Waals surface area contributed by atoms with Crippen LogP contribution in [-0.2, 0) is 6.42 Å². The van der Waals surface area contributed by atoms with Gasteiger partial charge in [-0.2, -0.15) is 0 Å². The third kappa shape index (κ3) is 3.07. The largest absolute Gasteiger partial charge is 0.478 e. The van der Waals surface area contributed by atoms with Crippen LogP contribution in [-0.4, -0.2) is 24.2 Å². The normalized spacial score (nSPS) is 17.0. The van der Waals surface area contributed by atoms with Crippen molar-refractivity contribution in [2.45, 2.75) is 26.2 Å². The Hall–Kier alpha value is -1.35. The molecule has 1 aliphatic rings. The molecule has 2 rings (SSSR count). The summed E-state index contributed by atoms with van der Waals surface area (Å²) in [4.78, 5) is 11.1. The van der Waals surface area contributed by atoms with Gasteiger partial charge in [0.25, 0.3) is 0 Å². The summed E-state index contributed by atoms with van der Waals surface area (Å²) in [5.74, 6) is -0.129. The first kappa shape index (κ1) is 12.1. The minimum atomic E-state index is -0.824. The number of aromatic carboxylic acids is 1. The number of rotatable bonds is 3. The van der Waals surface area contributed by atoms with Gasteiger partial charge in [0.15, 0.2) is 0 Å². The first-order valence-electron chi connectivity index (χ1n) is 6.20. The predicted molar refractivity (Wildman–Crippen MR) is 67.4 cm³/mol. The molecular formula is C14H19NO2. The maximum Gasteiger partial charge on any atom is 0.335 e. The van der Waals surface area contributed by atoms with Crippen LogP contribution in [0.25, 0.3) is 0 Å². The zero-order valence-electron chi connectivity index (χ0n) is 10.2. The van der Waals surface area contributed by atoms with Gasteiger partial charge >= 0.3 is 5.97 Å². The summed E-state index contributed by atoms with van der Waals surface area (Å²) in [6, 6.07) is 5.81. The first-order valence-corrected chi connectivity index (χ1v) is 6.20. The Morgan fingerprint density at radius 1 is 1.41 bits per heavy atom. The number of nitrogens with one attached hydrogen (secondary N) is 1. The van der Waals surface area contributed by atoms with Crippen LogP contribution in [0.2, 0.25) is 0 Å². The molecule has 0 spiro atoms. The second-order valence-electron chi connectivity index (χ2n) is 4.85. The van der Waals surface area contributed by atoms with Crippen LogP contribution in [0.5, 0.6) is 0 Å². The molecule has 2 N–H and O–H groups in total. The van der Waals surface area contributed by atoms with E-state index in [-0.39, 0.29) is 0 Å². The van der Waals surface area contributed by atoms with Crippen molar-refractivity contribution in [3.63, 3.8) is 0 Å². The van der Waals surface area contributed by atoms with Crippen molar-refractivity contribution in [3.8, 4) is 0 Å². The van der Waals surface area contributed by atoms with Crippen LogP contribution >= 0.6 is 0 Å². The van der Waals surface area contributed by atoms with E-state index in [1.807, 2.05) is 19.1 Å². The standard InChI is InChI=1S/C14H19NO2/c1-10-2-3-12(9-13(10)14(16)17)8-11-4-6-15-7-5-11/h2-3,9,11,15H,4-8H2,1H3,(H,16,17). The minimum absolute atomic E-state index is 0.441. The van der Waals surface area contributed by atoms with E-state index >= 15 is 0 Å². The summed E-state index contributed by atoms with van der Waals surface area (Å²) in [5.41, 5.74) is 2.43. The molecule has 1 aromatic rings. The lowest BCUT2D eigenvalue weighted by Crippen LogP contribution is -2.28. The minimum Gasteiger partial charge on any atom is -0.478 e. The number of piperidine rings is 1. The molecule has 0 aliphatic carbocycles. The van der Waals surface area contributed by atoms with E-state index in [0.717, 1.165) is 30.6 Å². The summed E-state index contributed by atoms with van der Waals surface area (Å²) in [6.07, 6.45) is 3.38. The van der Waals surface area contributed by atoms with E-state index in [0.29, 0.717) is 11.5 Å². The van der Waals surface area contributed by atoms with Gasteiger partial charge < -0.3 is 10.4 Å². The van der Waals surface area contributed by atoms with E-state index < -0.39 is 5.97 Å². The Morgan fingerprint density at radius 3 is 2.76 bits per heavy atom. The number of carbonyl (C=O) groups is 1. The van der Waals surface area contributed by atoms with Crippen LogP contribution in [0.1, 0.15) is 34.3 Å². The fourth-order valence-electron chi connectivity index (χ4n) is 2.45. The smallest absolute Gasteiger partial charge is 0.335 e. The number of aryl methyl sites for hydroxylation is 1. The second kappa shape index (κ2) is 5.32. The molecule has 92 valence electrons. The van der Waals surface area contributed by atoms with Crippen molar-refractivity contribution in [2.24, 2.45) is 5.92 Å². The van der Waals surface area contributed by atoms with Crippen LogP contribution in [0.4, 0.5) is 0 Å². The Morgan fingerprint density at radius 2 is 2.12 bits per heavy atom. The summed E-state index contributed by atoms with van der Waals surface area (Å²) in [7, 11) is 0. The van der Waals surface area contributed by atoms with Crippen LogP contribution < -0.4 is 5.32 Å². The van der Waals surface area contributed by atoms with Crippen molar-refractivity contribution >= 4 is 5.97 Å². The highest BCUT2D eigenvalue weighted by Crippen LogP contribution is 2.20. The maximum atomic E-state index is 11.1. The van der Waals surface area contributed by atoms with Crippen molar-refractivity contribution in [1.29, 1.82) is 0 Å². The van der Waals surface area contributed by atoms with Gasteiger partial charge in [-0.3, -0.25) is 0 Å². The molecule has 1 fully saturated rings. The van der Waals surface area contributed by atoms with Crippen LogP contribution in [0.15, 0.2) is 18.2 Å². The van der Waals surface area contributed by atoms with Gasteiger partial charge in [0.05, 0.1) is 5.56 Å². The van der Waals surface area contributed by atoms with Crippen molar-refractivity contribution in [2.75, 3.05) is 13.1 Å². The average Bonchev–Trinajstić information content (AvgIpc) is 2.32. The van der Waals surface area contributed by atoms with Gasteiger partial charge in [-0.25, -0.2) is 4.79 Å². The Bertz CT molecular complexity index is 409. The van der Waals surface area contributed by atoms with Gasteiger partial charge in [-0.1, -0.05) is 12.1 Å². The SMILES string of the molecule is Cc1ccc(CC2CCNCC2)cc1C(=O)O. The molecule has 1 aromatic carbocycles. The number of carboxylic acid groups (broad SMARTS) is 1. The average molecular weight is 233 g/mol. The molecular weight excluding hydrogens is 214 g/mol. The molecule has 1 aliphatic heterocycles. The Labute approximate surface area is 102 Å². The quantitative estimate of drug-likeness (QED) is 0.841. The lowest BCUT2D eigenvalue weighted by atomic mass is 9.90. The fourth-order valence-corrected chi connectivity index (χ4v) is 2.45. The van der Waals surface area contributed by atoms with Gasteiger partial charge in [0.2, 0.25) is 0 Å². The topological polar surface area (TPSA) is 49.3 Å².